The van der Waals surface area contributed by atoms with Gasteiger partial charge < -0.3 is 4.74 Å². The van der Waals surface area contributed by atoms with Gasteiger partial charge in [-0.2, -0.15) is 0 Å². The average Bonchev–Trinajstić information content (AvgIpc) is 3.07. The molecule has 4 nitrogen and oxygen atoms in total. The Bertz CT molecular complexity index is 1030. The number of hydrogen-bond donors (Lipinski definition) is 0. The molecule has 0 unspecified atom stereocenters. The van der Waals surface area contributed by atoms with E-state index in [1.165, 1.54) is 140 Å². The lowest BCUT2D eigenvalue weighted by atomic mass is 9.77. The molecule has 0 bridgehead atoms. The van der Waals surface area contributed by atoms with Crippen LogP contribution in [0.2, 0.25) is 0 Å². The Morgan fingerprint density at radius 3 is 1.64 bits per heavy atom. The lowest BCUT2D eigenvalue weighted by molar-refractivity contribution is -0.140. The molecule has 0 N–H and O–H groups in total. The molecule has 4 rings (SSSR count). The SMILES string of the molecule is CCCCCCCCCC[C@H]1CC[C@H](c2cnc(-c3ccc(OC(=O)C4CCC(CCCCCCC)CC4)cc3)nc2)CC1. The summed E-state index contributed by atoms with van der Waals surface area (Å²) in [7, 11) is 0. The zero-order valence-electron chi connectivity index (χ0n) is 28.2. The van der Waals surface area contributed by atoms with Gasteiger partial charge in [0.15, 0.2) is 5.82 Å². The van der Waals surface area contributed by atoms with E-state index in [0.29, 0.717) is 11.7 Å². The molecule has 1 heterocycles. The van der Waals surface area contributed by atoms with E-state index in [4.69, 9.17) is 14.7 Å². The summed E-state index contributed by atoms with van der Waals surface area (Å²) >= 11 is 0. The first-order valence-electron chi connectivity index (χ1n) is 18.8. The second kappa shape index (κ2) is 20.0. The largest absolute Gasteiger partial charge is 0.426 e. The maximum Gasteiger partial charge on any atom is 0.314 e. The van der Waals surface area contributed by atoms with E-state index >= 15 is 0 Å². The van der Waals surface area contributed by atoms with Crippen LogP contribution in [0.5, 0.6) is 5.75 Å². The number of rotatable bonds is 19. The van der Waals surface area contributed by atoms with Gasteiger partial charge in [0.25, 0.3) is 0 Å². The van der Waals surface area contributed by atoms with E-state index in [1.807, 2.05) is 36.7 Å². The van der Waals surface area contributed by atoms with Crippen LogP contribution in [-0.2, 0) is 4.79 Å². The van der Waals surface area contributed by atoms with Gasteiger partial charge in [-0.05, 0) is 98.9 Å². The van der Waals surface area contributed by atoms with Gasteiger partial charge in [-0.3, -0.25) is 4.79 Å². The lowest BCUT2D eigenvalue weighted by Gasteiger charge is -2.28. The van der Waals surface area contributed by atoms with Gasteiger partial charge in [0, 0.05) is 18.0 Å². The summed E-state index contributed by atoms with van der Waals surface area (Å²) in [6.45, 7) is 4.56. The van der Waals surface area contributed by atoms with Crippen LogP contribution >= 0.6 is 0 Å². The Hall–Kier alpha value is -2.23. The van der Waals surface area contributed by atoms with E-state index in [-0.39, 0.29) is 11.9 Å². The highest BCUT2D eigenvalue weighted by atomic mass is 16.5. The summed E-state index contributed by atoms with van der Waals surface area (Å²) in [4.78, 5) is 22.3. The standard InChI is InChI=1S/C40H62N2O2/c1-3-5-7-9-10-11-13-15-17-32-18-22-34(23-19-32)37-30-41-39(42-31-37)35-26-28-38(29-27-35)44-40(43)36-24-20-33(21-25-36)16-14-12-8-6-4-2/h26-34,36H,3-25H2,1-2H3/t32-,33?,34-,36?. The Morgan fingerprint density at radius 2 is 1.11 bits per heavy atom. The van der Waals surface area contributed by atoms with Crippen LogP contribution in [0, 0.1) is 17.8 Å². The van der Waals surface area contributed by atoms with Crippen molar-refractivity contribution in [2.45, 2.75) is 167 Å². The lowest BCUT2D eigenvalue weighted by Crippen LogP contribution is -2.25. The predicted molar refractivity (Wildman–Crippen MR) is 184 cm³/mol. The van der Waals surface area contributed by atoms with Crippen LogP contribution in [0.3, 0.4) is 0 Å². The molecule has 1 aromatic heterocycles. The average molecular weight is 603 g/mol. The molecule has 1 aromatic carbocycles. The van der Waals surface area contributed by atoms with Crippen molar-refractivity contribution in [2.24, 2.45) is 17.8 Å². The monoisotopic (exact) mass is 602 g/mol. The number of nitrogens with zero attached hydrogens (tertiary/aromatic N) is 2. The molecule has 0 spiro atoms. The van der Waals surface area contributed by atoms with Crippen LogP contribution in [-0.4, -0.2) is 15.9 Å². The number of unbranched alkanes of at least 4 members (excludes halogenated alkanes) is 11. The quantitative estimate of drug-likeness (QED) is 0.0911. The van der Waals surface area contributed by atoms with Crippen LogP contribution in [0.25, 0.3) is 11.4 Å². The summed E-state index contributed by atoms with van der Waals surface area (Å²) in [6, 6.07) is 7.73. The summed E-state index contributed by atoms with van der Waals surface area (Å²) in [5, 5.41) is 0. The first-order valence-corrected chi connectivity index (χ1v) is 18.8. The molecule has 2 aromatic rings. The van der Waals surface area contributed by atoms with Crippen molar-refractivity contribution in [1.82, 2.24) is 9.97 Å². The predicted octanol–water partition coefficient (Wildman–Crippen LogP) is 12.0. The second-order valence-electron chi connectivity index (χ2n) is 14.2. The van der Waals surface area contributed by atoms with E-state index in [9.17, 15) is 4.79 Å². The number of esters is 1. The topological polar surface area (TPSA) is 52.1 Å². The van der Waals surface area contributed by atoms with Crippen molar-refractivity contribution in [3.63, 3.8) is 0 Å². The molecule has 0 atom stereocenters. The fraction of sp³-hybridized carbons (Fsp3) is 0.725. The molecule has 0 aliphatic heterocycles. The number of carbonyl (C=O) groups excluding carboxylic acids is 1. The highest BCUT2D eigenvalue weighted by molar-refractivity contribution is 5.75. The van der Waals surface area contributed by atoms with Crippen molar-refractivity contribution in [3.05, 3.63) is 42.2 Å². The minimum Gasteiger partial charge on any atom is -0.426 e. The van der Waals surface area contributed by atoms with E-state index in [1.54, 1.807) is 0 Å². The first kappa shape index (κ1) is 34.6. The molecule has 2 aliphatic rings. The van der Waals surface area contributed by atoms with Crippen LogP contribution in [0.1, 0.15) is 173 Å². The van der Waals surface area contributed by atoms with Crippen LogP contribution < -0.4 is 4.74 Å². The number of ether oxygens (including phenoxy) is 1. The third-order valence-corrected chi connectivity index (χ3v) is 10.7. The van der Waals surface area contributed by atoms with Gasteiger partial charge in [0.2, 0.25) is 0 Å². The molecule has 0 amide bonds. The molecule has 4 heteroatoms. The third kappa shape index (κ3) is 11.9. The highest BCUT2D eigenvalue weighted by Gasteiger charge is 2.27. The fourth-order valence-electron chi connectivity index (χ4n) is 7.64. The van der Waals surface area contributed by atoms with Crippen molar-refractivity contribution >= 4 is 5.97 Å². The summed E-state index contributed by atoms with van der Waals surface area (Å²) < 4.78 is 5.79. The summed E-state index contributed by atoms with van der Waals surface area (Å²) in [6.07, 6.45) is 34.4. The van der Waals surface area contributed by atoms with Crippen molar-refractivity contribution in [2.75, 3.05) is 0 Å². The second-order valence-corrected chi connectivity index (χ2v) is 14.2. The van der Waals surface area contributed by atoms with E-state index in [2.05, 4.69) is 13.8 Å². The van der Waals surface area contributed by atoms with Gasteiger partial charge in [0.1, 0.15) is 5.75 Å². The fourth-order valence-corrected chi connectivity index (χ4v) is 7.64. The van der Waals surface area contributed by atoms with Gasteiger partial charge in [0.05, 0.1) is 5.92 Å². The molecule has 2 aliphatic carbocycles. The first-order chi connectivity index (χ1) is 21.7. The maximum absolute atomic E-state index is 12.8. The van der Waals surface area contributed by atoms with Crippen molar-refractivity contribution < 1.29 is 9.53 Å². The third-order valence-electron chi connectivity index (χ3n) is 10.7. The molecular weight excluding hydrogens is 540 g/mol. The summed E-state index contributed by atoms with van der Waals surface area (Å²) in [5.74, 6) is 3.65. The van der Waals surface area contributed by atoms with Crippen LogP contribution in [0.15, 0.2) is 36.7 Å². The van der Waals surface area contributed by atoms with Crippen molar-refractivity contribution in [1.29, 1.82) is 0 Å². The zero-order valence-corrected chi connectivity index (χ0v) is 28.2. The minimum atomic E-state index is -0.0627. The Kier molecular flexibility index (Phi) is 15.8. The Morgan fingerprint density at radius 1 is 0.636 bits per heavy atom. The Labute approximate surface area is 269 Å². The van der Waals surface area contributed by atoms with Gasteiger partial charge in [-0.15, -0.1) is 0 Å². The van der Waals surface area contributed by atoms with Gasteiger partial charge in [-0.1, -0.05) is 110 Å². The molecule has 2 fully saturated rings. The highest BCUT2D eigenvalue weighted by Crippen LogP contribution is 2.38. The normalized spacial score (nSPS) is 22.1. The molecule has 0 radical (unpaired) electrons. The molecule has 0 saturated heterocycles. The van der Waals surface area contributed by atoms with E-state index < -0.39 is 0 Å². The van der Waals surface area contributed by atoms with Gasteiger partial charge >= 0.3 is 5.97 Å². The molecule has 44 heavy (non-hydrogen) atoms. The number of hydrogen-bond acceptors (Lipinski definition) is 4. The molecule has 244 valence electrons. The van der Waals surface area contributed by atoms with Crippen LogP contribution in [0.4, 0.5) is 0 Å². The zero-order chi connectivity index (χ0) is 30.8. The summed E-state index contributed by atoms with van der Waals surface area (Å²) in [5.41, 5.74) is 2.25. The van der Waals surface area contributed by atoms with Crippen molar-refractivity contribution in [3.8, 4) is 17.1 Å². The number of benzene rings is 1. The molecule has 2 saturated carbocycles. The van der Waals surface area contributed by atoms with Gasteiger partial charge in [-0.25, -0.2) is 9.97 Å². The maximum atomic E-state index is 12.8. The Balaban J connectivity index is 1.12. The number of aromatic nitrogens is 2. The van der Waals surface area contributed by atoms with E-state index in [0.717, 1.165) is 36.1 Å². The smallest absolute Gasteiger partial charge is 0.314 e. The minimum absolute atomic E-state index is 0.0436. The molecular formula is C40H62N2O2. The number of carbonyl (C=O) groups is 1.